The number of rotatable bonds is 15. The second-order valence-electron chi connectivity index (χ2n) is 11.1. The number of unbranched alkanes of at least 4 members (excludes halogenated alkanes) is 1. The van der Waals surface area contributed by atoms with E-state index < -0.39 is 6.29 Å². The molecule has 1 aliphatic carbocycles. The number of aliphatic hydroxyl groups excluding tert-OH is 1. The summed E-state index contributed by atoms with van der Waals surface area (Å²) in [6.07, 6.45) is 9.97. The SMILES string of the molecule is CCCC[C@H](C)C[C@@H](/C=C/[C@H]1C(OCc2ccc(OC)cc2)C[C@@H]2OC(O)C[C@@H]21)OCc1ccc(OC)cc1. The number of methoxy groups -OCH3 is 2. The number of ether oxygens (including phenoxy) is 5. The summed E-state index contributed by atoms with van der Waals surface area (Å²) in [7, 11) is 3.35. The molecule has 0 spiro atoms. The monoisotopic (exact) mass is 538 g/mol. The molecule has 214 valence electrons. The van der Waals surface area contributed by atoms with Crippen LogP contribution < -0.4 is 9.47 Å². The van der Waals surface area contributed by atoms with Crippen LogP contribution in [0.25, 0.3) is 0 Å². The van der Waals surface area contributed by atoms with Crippen LogP contribution in [0, 0.1) is 17.8 Å². The van der Waals surface area contributed by atoms with E-state index in [1.54, 1.807) is 14.2 Å². The summed E-state index contributed by atoms with van der Waals surface area (Å²) < 4.78 is 29.4. The molecule has 6 nitrogen and oxygen atoms in total. The largest absolute Gasteiger partial charge is 0.497 e. The molecule has 6 heteroatoms. The van der Waals surface area contributed by atoms with Gasteiger partial charge >= 0.3 is 0 Å². The van der Waals surface area contributed by atoms with Gasteiger partial charge in [-0.15, -0.1) is 0 Å². The highest BCUT2D eigenvalue weighted by Crippen LogP contribution is 2.45. The van der Waals surface area contributed by atoms with Crippen molar-refractivity contribution in [3.63, 3.8) is 0 Å². The Hall–Kier alpha value is -2.38. The Morgan fingerprint density at radius 1 is 0.949 bits per heavy atom. The molecule has 0 aromatic heterocycles. The molecule has 1 saturated carbocycles. The quantitative estimate of drug-likeness (QED) is 0.255. The fourth-order valence-corrected chi connectivity index (χ4v) is 5.86. The summed E-state index contributed by atoms with van der Waals surface area (Å²) in [6.45, 7) is 5.65. The maximum atomic E-state index is 10.2. The van der Waals surface area contributed by atoms with E-state index in [-0.39, 0.29) is 30.1 Å². The molecule has 0 bridgehead atoms. The Bertz CT molecular complexity index is 1000. The second kappa shape index (κ2) is 14.8. The van der Waals surface area contributed by atoms with Crippen LogP contribution in [-0.2, 0) is 27.4 Å². The van der Waals surface area contributed by atoms with Crippen molar-refractivity contribution in [3.8, 4) is 11.5 Å². The van der Waals surface area contributed by atoms with Crippen LogP contribution in [0.3, 0.4) is 0 Å². The zero-order valence-corrected chi connectivity index (χ0v) is 24.0. The first-order valence-corrected chi connectivity index (χ1v) is 14.5. The first kappa shape index (κ1) is 29.6. The highest BCUT2D eigenvalue weighted by molar-refractivity contribution is 5.27. The Labute approximate surface area is 234 Å². The van der Waals surface area contributed by atoms with Gasteiger partial charge < -0.3 is 28.8 Å². The molecule has 2 aromatic carbocycles. The molecule has 39 heavy (non-hydrogen) atoms. The van der Waals surface area contributed by atoms with Gasteiger partial charge in [0.15, 0.2) is 6.29 Å². The number of hydrogen-bond donors (Lipinski definition) is 1. The van der Waals surface area contributed by atoms with Gasteiger partial charge in [0.25, 0.3) is 0 Å². The van der Waals surface area contributed by atoms with E-state index in [0.29, 0.717) is 25.6 Å². The van der Waals surface area contributed by atoms with Gasteiger partial charge in [0.2, 0.25) is 0 Å². The van der Waals surface area contributed by atoms with Gasteiger partial charge in [0.05, 0.1) is 45.7 Å². The van der Waals surface area contributed by atoms with Gasteiger partial charge in [0.1, 0.15) is 11.5 Å². The van der Waals surface area contributed by atoms with Crippen molar-refractivity contribution in [1.29, 1.82) is 0 Å². The lowest BCUT2D eigenvalue weighted by Gasteiger charge is -2.23. The average molecular weight is 539 g/mol. The third kappa shape index (κ3) is 8.55. The predicted molar refractivity (Wildman–Crippen MR) is 153 cm³/mol. The number of hydrogen-bond acceptors (Lipinski definition) is 6. The van der Waals surface area contributed by atoms with Crippen molar-refractivity contribution in [1.82, 2.24) is 0 Å². The molecule has 1 saturated heterocycles. The summed E-state index contributed by atoms with van der Waals surface area (Å²) in [5.74, 6) is 2.68. The standard InChI is InChI=1S/C33H46O6/c1-5-6-7-23(2)18-28(37-21-24-8-12-26(35-3)13-9-24)16-17-29-30-19-33(34)39-32(30)20-31(29)38-22-25-10-14-27(36-4)15-11-25/h8-17,23,28-34H,5-7,18-22H2,1-4H3/b17-16+/t23-,28+,29+,30+,31?,32-,33?/m0/s1. The number of benzene rings is 2. The van der Waals surface area contributed by atoms with Crippen LogP contribution in [0.1, 0.15) is 63.5 Å². The maximum absolute atomic E-state index is 10.2. The van der Waals surface area contributed by atoms with Gasteiger partial charge in [-0.3, -0.25) is 0 Å². The molecule has 1 heterocycles. The van der Waals surface area contributed by atoms with Crippen LogP contribution in [0.5, 0.6) is 11.5 Å². The van der Waals surface area contributed by atoms with Crippen molar-refractivity contribution >= 4 is 0 Å². The molecule has 2 fully saturated rings. The average Bonchev–Trinajstić information content (AvgIpc) is 3.48. The van der Waals surface area contributed by atoms with E-state index in [1.165, 1.54) is 19.3 Å². The van der Waals surface area contributed by atoms with E-state index in [9.17, 15) is 5.11 Å². The van der Waals surface area contributed by atoms with E-state index in [1.807, 2.05) is 36.4 Å². The van der Waals surface area contributed by atoms with E-state index in [2.05, 4.69) is 38.1 Å². The van der Waals surface area contributed by atoms with Gasteiger partial charge in [-0.05, 0) is 53.6 Å². The number of fused-ring (bicyclic) bond motifs is 1. The first-order valence-electron chi connectivity index (χ1n) is 14.5. The first-order chi connectivity index (χ1) is 19.0. The highest BCUT2D eigenvalue weighted by Gasteiger charge is 2.48. The third-order valence-corrected chi connectivity index (χ3v) is 8.15. The number of aliphatic hydroxyl groups is 1. The third-order valence-electron chi connectivity index (χ3n) is 8.15. The Balaban J connectivity index is 1.44. The zero-order chi connectivity index (χ0) is 27.6. The summed E-state index contributed by atoms with van der Waals surface area (Å²) in [5, 5.41) is 10.2. The molecule has 0 amide bonds. The molecule has 2 unspecified atom stereocenters. The summed E-state index contributed by atoms with van der Waals surface area (Å²) in [5.41, 5.74) is 2.24. The minimum Gasteiger partial charge on any atom is -0.497 e. The minimum absolute atomic E-state index is 0.00694. The molecule has 2 aromatic rings. The normalized spacial score (nSPS) is 26.0. The van der Waals surface area contributed by atoms with Crippen LogP contribution in [0.2, 0.25) is 0 Å². The van der Waals surface area contributed by atoms with Crippen molar-refractivity contribution in [2.45, 2.75) is 90.2 Å². The van der Waals surface area contributed by atoms with Crippen molar-refractivity contribution in [2.24, 2.45) is 17.8 Å². The molecule has 2 aliphatic rings. The lowest BCUT2D eigenvalue weighted by Crippen LogP contribution is -2.23. The van der Waals surface area contributed by atoms with Crippen molar-refractivity contribution in [3.05, 3.63) is 71.8 Å². The lowest BCUT2D eigenvalue weighted by molar-refractivity contribution is -0.0989. The summed E-state index contributed by atoms with van der Waals surface area (Å²) in [4.78, 5) is 0. The molecule has 0 radical (unpaired) electrons. The van der Waals surface area contributed by atoms with E-state index in [4.69, 9.17) is 23.7 Å². The van der Waals surface area contributed by atoms with E-state index >= 15 is 0 Å². The molecular weight excluding hydrogens is 492 g/mol. The smallest absolute Gasteiger partial charge is 0.155 e. The molecule has 7 atom stereocenters. The van der Waals surface area contributed by atoms with Gasteiger partial charge in [-0.25, -0.2) is 0 Å². The molecule has 1 N–H and O–H groups in total. The summed E-state index contributed by atoms with van der Waals surface area (Å²) >= 11 is 0. The van der Waals surface area contributed by atoms with E-state index in [0.717, 1.165) is 35.5 Å². The Morgan fingerprint density at radius 3 is 2.21 bits per heavy atom. The van der Waals surface area contributed by atoms with Crippen LogP contribution >= 0.6 is 0 Å². The zero-order valence-electron chi connectivity index (χ0n) is 24.0. The maximum Gasteiger partial charge on any atom is 0.155 e. The molecular formula is C33H46O6. The molecule has 4 rings (SSSR count). The van der Waals surface area contributed by atoms with Crippen LogP contribution in [-0.4, -0.2) is 43.9 Å². The van der Waals surface area contributed by atoms with Gasteiger partial charge in [0, 0.05) is 18.8 Å². The van der Waals surface area contributed by atoms with Crippen LogP contribution in [0.15, 0.2) is 60.7 Å². The topological polar surface area (TPSA) is 66.4 Å². The van der Waals surface area contributed by atoms with Crippen molar-refractivity contribution < 1.29 is 28.8 Å². The van der Waals surface area contributed by atoms with Gasteiger partial charge in [-0.1, -0.05) is 69.5 Å². The Morgan fingerprint density at radius 2 is 1.59 bits per heavy atom. The highest BCUT2D eigenvalue weighted by atomic mass is 16.6. The van der Waals surface area contributed by atoms with Crippen LogP contribution in [0.4, 0.5) is 0 Å². The Kier molecular flexibility index (Phi) is 11.3. The summed E-state index contributed by atoms with van der Waals surface area (Å²) in [6, 6.07) is 16.1. The van der Waals surface area contributed by atoms with Gasteiger partial charge in [-0.2, -0.15) is 0 Å². The fourth-order valence-electron chi connectivity index (χ4n) is 5.86. The minimum atomic E-state index is -0.686. The molecule has 1 aliphatic heterocycles. The van der Waals surface area contributed by atoms with Crippen molar-refractivity contribution in [2.75, 3.05) is 14.2 Å². The lowest BCUT2D eigenvalue weighted by atomic mass is 9.90. The predicted octanol–water partition coefficient (Wildman–Crippen LogP) is 6.69. The second-order valence-corrected chi connectivity index (χ2v) is 11.1. The fraction of sp³-hybridized carbons (Fsp3) is 0.576.